The summed E-state index contributed by atoms with van der Waals surface area (Å²) in [4.78, 5) is 0.336. The van der Waals surface area contributed by atoms with E-state index < -0.39 is 0 Å². The molecule has 5 rings (SSSR count). The first-order valence-electron chi connectivity index (χ1n) is 12.1. The minimum absolute atomic E-state index is 0.0955. The van der Waals surface area contributed by atoms with Gasteiger partial charge in [0, 0.05) is 5.54 Å². The van der Waals surface area contributed by atoms with Crippen LogP contribution < -0.4 is 5.73 Å². The molecule has 2 N–H and O–H groups in total. The zero-order valence-electron chi connectivity index (χ0n) is 18.3. The summed E-state index contributed by atoms with van der Waals surface area (Å²) in [5.41, 5.74) is 9.37. The predicted octanol–water partition coefficient (Wildman–Crippen LogP) is 7.33. The fourth-order valence-electron chi connectivity index (χ4n) is 9.36. The molecule has 5 aliphatic rings. The van der Waals surface area contributed by atoms with E-state index in [1.807, 2.05) is 0 Å². The second-order valence-electron chi connectivity index (χ2n) is 11.9. The first kappa shape index (κ1) is 20.6. The number of rotatable bonds is 3. The zero-order valence-corrected chi connectivity index (χ0v) is 20.0. The maximum absolute atomic E-state index is 13.0. The molecule has 0 amide bonds. The van der Waals surface area contributed by atoms with Crippen LogP contribution in [0, 0.1) is 34.5 Å². The summed E-state index contributed by atoms with van der Waals surface area (Å²) in [6, 6.07) is 0. The lowest BCUT2D eigenvalue weighted by Crippen LogP contribution is -2.67. The predicted molar refractivity (Wildman–Crippen MR) is 122 cm³/mol. The minimum Gasteiger partial charge on any atom is -0.325 e. The van der Waals surface area contributed by atoms with Gasteiger partial charge in [-0.2, -0.15) is 3.89 Å². The molecule has 10 atom stereocenters. The van der Waals surface area contributed by atoms with E-state index in [4.69, 9.17) is 5.73 Å². The average Bonchev–Trinajstić information content (AvgIpc) is 3.01. The van der Waals surface area contributed by atoms with Gasteiger partial charge in [0.25, 0.3) is 0 Å². The van der Waals surface area contributed by atoms with Crippen molar-refractivity contribution in [3.05, 3.63) is 0 Å². The summed E-state index contributed by atoms with van der Waals surface area (Å²) in [6.07, 6.45) is 16.5. The quantitative estimate of drug-likeness (QED) is 0.479. The molecular weight excluding hydrogens is 384 g/mol. The van der Waals surface area contributed by atoms with Crippen molar-refractivity contribution < 1.29 is 3.89 Å². The topological polar surface area (TPSA) is 26.0 Å². The van der Waals surface area contributed by atoms with Gasteiger partial charge < -0.3 is 5.73 Å². The van der Waals surface area contributed by atoms with Crippen LogP contribution in [-0.4, -0.2) is 22.9 Å². The van der Waals surface area contributed by atoms with E-state index in [0.29, 0.717) is 28.0 Å². The Kier molecular flexibility index (Phi) is 5.21. The van der Waals surface area contributed by atoms with Gasteiger partial charge in [0.2, 0.25) is 0 Å². The molecule has 0 aromatic heterocycles. The van der Waals surface area contributed by atoms with E-state index in [1.165, 1.54) is 70.6 Å². The molecule has 160 valence electrons. The molecule has 0 radical (unpaired) electrons. The van der Waals surface area contributed by atoms with Crippen molar-refractivity contribution >= 4 is 20.1 Å². The second kappa shape index (κ2) is 7.09. The number of hydrogen-bond donors (Lipinski definition) is 1. The Morgan fingerprint density at radius 3 is 2.50 bits per heavy atom. The summed E-state index contributed by atoms with van der Waals surface area (Å²) in [7, 11) is -0.0980. The molecule has 5 fully saturated rings. The third kappa shape index (κ3) is 2.77. The van der Waals surface area contributed by atoms with Gasteiger partial charge in [-0.15, -0.1) is 0 Å². The third-order valence-corrected chi connectivity index (χ3v) is 15.5. The Morgan fingerprint density at radius 1 is 0.964 bits per heavy atom. The molecule has 0 aromatic carbocycles. The largest absolute Gasteiger partial charge is 0.325 e. The lowest BCUT2D eigenvalue weighted by atomic mass is 9.42. The zero-order chi connectivity index (χ0) is 19.7. The second-order valence-corrected chi connectivity index (χ2v) is 15.6. The van der Waals surface area contributed by atoms with Crippen molar-refractivity contribution in [2.24, 2.45) is 40.2 Å². The number of halogens is 1. The van der Waals surface area contributed by atoms with E-state index in [0.717, 1.165) is 35.8 Å². The fourth-order valence-corrected chi connectivity index (χ4v) is 12.6. The van der Waals surface area contributed by atoms with Crippen molar-refractivity contribution in [1.82, 2.24) is 0 Å². The van der Waals surface area contributed by atoms with E-state index in [-0.39, 0.29) is 13.5 Å². The van der Waals surface area contributed by atoms with Crippen molar-refractivity contribution in [1.29, 1.82) is 0 Å². The summed E-state index contributed by atoms with van der Waals surface area (Å²) in [6.45, 7) is 7.60. The number of fused-ring (bicyclic) bond motifs is 5. The Balaban J connectivity index is 1.36. The Hall–Kier alpha value is 0.670. The summed E-state index contributed by atoms with van der Waals surface area (Å²) < 4.78 is 13.0. The van der Waals surface area contributed by atoms with Crippen LogP contribution in [0.5, 0.6) is 0 Å². The van der Waals surface area contributed by atoms with Crippen LogP contribution in [-0.2, 0) is 0 Å². The highest BCUT2D eigenvalue weighted by molar-refractivity contribution is 8.02. The van der Waals surface area contributed by atoms with Crippen molar-refractivity contribution in [2.75, 3.05) is 6.66 Å². The standard InChI is InChI=1S/C24H41FNPS/c1-22-11-5-4-6-16(22)9-13-24(26)19-8-7-17(23(19,2)12-10-20(22)24)14-18-15-21(28-25)27(18)3/h16-21H,4-15,26H2,1-3H3/t16?,17?,18?,19?,20?,21?,22?,23?,24?,27-/m1/s1. The van der Waals surface area contributed by atoms with Crippen LogP contribution in [0.4, 0.5) is 3.89 Å². The van der Waals surface area contributed by atoms with Crippen LogP contribution in [0.2, 0.25) is 0 Å². The molecule has 1 saturated heterocycles. The smallest absolute Gasteiger partial charge is 0.0568 e. The molecule has 1 aliphatic heterocycles. The molecule has 28 heavy (non-hydrogen) atoms. The van der Waals surface area contributed by atoms with Gasteiger partial charge in [-0.25, -0.2) is 0 Å². The van der Waals surface area contributed by atoms with Gasteiger partial charge in [0.1, 0.15) is 0 Å². The Bertz CT molecular complexity index is 617. The van der Waals surface area contributed by atoms with E-state index >= 15 is 0 Å². The van der Waals surface area contributed by atoms with Gasteiger partial charge in [0.15, 0.2) is 0 Å². The van der Waals surface area contributed by atoms with E-state index in [1.54, 1.807) is 0 Å². The Morgan fingerprint density at radius 2 is 1.75 bits per heavy atom. The molecule has 1 heterocycles. The first-order chi connectivity index (χ1) is 13.3. The highest BCUT2D eigenvalue weighted by atomic mass is 32.2. The van der Waals surface area contributed by atoms with Crippen LogP contribution in [0.3, 0.4) is 0 Å². The van der Waals surface area contributed by atoms with Gasteiger partial charge >= 0.3 is 0 Å². The van der Waals surface area contributed by atoms with E-state index in [2.05, 4.69) is 20.5 Å². The molecule has 4 heteroatoms. The number of nitrogens with two attached hydrogens (primary N) is 1. The van der Waals surface area contributed by atoms with Gasteiger partial charge in [-0.3, -0.25) is 0 Å². The highest BCUT2D eigenvalue weighted by Gasteiger charge is 2.65. The average molecular weight is 426 g/mol. The number of hydrogen-bond acceptors (Lipinski definition) is 2. The minimum atomic E-state index is -0.0980. The molecular formula is C24H41FNPS. The fraction of sp³-hybridized carbons (Fsp3) is 1.00. The Labute approximate surface area is 178 Å². The van der Waals surface area contributed by atoms with Crippen LogP contribution in [0.1, 0.15) is 90.9 Å². The first-order valence-corrected chi connectivity index (χ1v) is 14.8. The van der Waals surface area contributed by atoms with Gasteiger partial charge in [0.05, 0.1) is 17.1 Å². The third-order valence-electron chi connectivity index (χ3n) is 11.1. The monoisotopic (exact) mass is 425 g/mol. The maximum Gasteiger partial charge on any atom is 0.0568 e. The molecule has 0 aromatic rings. The van der Waals surface area contributed by atoms with Crippen molar-refractivity contribution in [2.45, 2.75) is 107 Å². The van der Waals surface area contributed by atoms with Crippen LogP contribution in [0.25, 0.3) is 0 Å². The van der Waals surface area contributed by atoms with Crippen LogP contribution in [0.15, 0.2) is 0 Å². The molecule has 1 nitrogen and oxygen atoms in total. The summed E-state index contributed by atoms with van der Waals surface area (Å²) in [5.74, 6) is 3.28. The summed E-state index contributed by atoms with van der Waals surface area (Å²) >= 11 is 0.636. The van der Waals surface area contributed by atoms with Gasteiger partial charge in [-0.1, -0.05) is 34.6 Å². The molecule has 4 saturated carbocycles. The van der Waals surface area contributed by atoms with E-state index in [9.17, 15) is 3.89 Å². The molecule has 4 aliphatic carbocycles. The van der Waals surface area contributed by atoms with Crippen molar-refractivity contribution in [3.63, 3.8) is 0 Å². The molecule has 0 spiro atoms. The van der Waals surface area contributed by atoms with Crippen LogP contribution >= 0.6 is 20.1 Å². The normalized spacial score (nSPS) is 58.4. The molecule has 9 unspecified atom stereocenters. The highest BCUT2D eigenvalue weighted by Crippen LogP contribution is 2.70. The van der Waals surface area contributed by atoms with Gasteiger partial charge in [-0.05, 0) is 111 Å². The lowest BCUT2D eigenvalue weighted by Gasteiger charge is -2.65. The van der Waals surface area contributed by atoms with Crippen molar-refractivity contribution in [3.8, 4) is 0 Å². The lowest BCUT2D eigenvalue weighted by molar-refractivity contribution is -0.126. The SMILES string of the molecule is C[P@]1C(CC2CCC3C2(C)CCC2C4(C)CCCCC4CCC23N)CC1SF. The maximum atomic E-state index is 13.0. The molecule has 0 bridgehead atoms. The summed E-state index contributed by atoms with van der Waals surface area (Å²) in [5, 5.41) is 0.